The number of nitrogens with zero attached hydrogens (tertiary/aromatic N) is 3. The van der Waals surface area contributed by atoms with E-state index in [1.807, 2.05) is 30.5 Å². The van der Waals surface area contributed by atoms with Gasteiger partial charge in [0.2, 0.25) is 0 Å². The standard InChI is InChI=1S/C20H27N7O2S/c1-22-17-16(13-21)25-18(26-19(17)27-8-10-29-11-9-27)14-3-5-15(6-4-14)24-20(28)23-7-12-30-2/h3-6,13,21-22H,7-12H2,1-2H3,(H2,23,24,28). The Morgan fingerprint density at radius 3 is 2.63 bits per heavy atom. The molecule has 3 rings (SSSR count). The zero-order valence-electron chi connectivity index (χ0n) is 17.2. The third-order valence-corrected chi connectivity index (χ3v) is 5.22. The summed E-state index contributed by atoms with van der Waals surface area (Å²) in [5.74, 6) is 2.16. The molecule has 2 heterocycles. The zero-order chi connectivity index (χ0) is 21.3. The van der Waals surface area contributed by atoms with Crippen LogP contribution in [-0.2, 0) is 4.74 Å². The Hall–Kier alpha value is -2.85. The van der Waals surface area contributed by atoms with Crippen molar-refractivity contribution < 1.29 is 9.53 Å². The minimum absolute atomic E-state index is 0.230. The molecule has 0 unspecified atom stereocenters. The topological polar surface area (TPSA) is 115 Å². The van der Waals surface area contributed by atoms with Crippen LogP contribution in [0.4, 0.5) is 22.0 Å². The number of rotatable bonds is 8. The fourth-order valence-electron chi connectivity index (χ4n) is 3.09. The monoisotopic (exact) mass is 429 g/mol. The molecule has 0 radical (unpaired) electrons. The Bertz CT molecular complexity index is 870. The molecule has 10 heteroatoms. The highest BCUT2D eigenvalue weighted by Crippen LogP contribution is 2.30. The maximum Gasteiger partial charge on any atom is 0.319 e. The van der Waals surface area contributed by atoms with Crippen LogP contribution in [0.5, 0.6) is 0 Å². The number of thioether (sulfide) groups is 1. The quantitative estimate of drug-likeness (QED) is 0.376. The number of anilines is 3. The minimum Gasteiger partial charge on any atom is -0.383 e. The van der Waals surface area contributed by atoms with Crippen molar-refractivity contribution in [2.45, 2.75) is 0 Å². The molecule has 1 fully saturated rings. The van der Waals surface area contributed by atoms with Gasteiger partial charge in [0.1, 0.15) is 11.4 Å². The van der Waals surface area contributed by atoms with Crippen molar-refractivity contribution in [3.63, 3.8) is 0 Å². The van der Waals surface area contributed by atoms with Gasteiger partial charge in [-0.05, 0) is 30.5 Å². The number of ether oxygens (including phenoxy) is 1. The summed E-state index contributed by atoms with van der Waals surface area (Å²) in [4.78, 5) is 23.4. The summed E-state index contributed by atoms with van der Waals surface area (Å²) in [6, 6.07) is 7.13. The van der Waals surface area contributed by atoms with Gasteiger partial charge in [0.15, 0.2) is 11.6 Å². The average molecular weight is 430 g/mol. The lowest BCUT2D eigenvalue weighted by Crippen LogP contribution is -2.37. The predicted octanol–water partition coefficient (Wildman–Crippen LogP) is 2.50. The van der Waals surface area contributed by atoms with Crippen molar-refractivity contribution in [3.05, 3.63) is 30.0 Å². The molecule has 30 heavy (non-hydrogen) atoms. The molecule has 160 valence electrons. The molecule has 0 spiro atoms. The van der Waals surface area contributed by atoms with Crippen LogP contribution in [0.1, 0.15) is 5.69 Å². The van der Waals surface area contributed by atoms with E-state index in [1.165, 1.54) is 6.21 Å². The van der Waals surface area contributed by atoms with Crippen LogP contribution in [0.25, 0.3) is 11.4 Å². The van der Waals surface area contributed by atoms with Gasteiger partial charge >= 0.3 is 6.03 Å². The van der Waals surface area contributed by atoms with Gasteiger partial charge in [-0.2, -0.15) is 11.8 Å². The molecule has 1 aromatic heterocycles. The van der Waals surface area contributed by atoms with Crippen molar-refractivity contribution in [2.75, 3.05) is 67.4 Å². The Morgan fingerprint density at radius 1 is 1.27 bits per heavy atom. The number of carbonyl (C=O) groups excluding carboxylic acids is 1. The van der Waals surface area contributed by atoms with Crippen molar-refractivity contribution in [1.29, 1.82) is 5.41 Å². The van der Waals surface area contributed by atoms with Crippen LogP contribution in [0, 0.1) is 5.41 Å². The molecule has 2 aromatic rings. The van der Waals surface area contributed by atoms with E-state index in [1.54, 1.807) is 18.8 Å². The molecular formula is C20H27N7O2S. The minimum atomic E-state index is -0.230. The number of urea groups is 1. The zero-order valence-corrected chi connectivity index (χ0v) is 18.0. The number of hydrogen-bond acceptors (Lipinski definition) is 8. The third kappa shape index (κ3) is 5.39. The van der Waals surface area contributed by atoms with E-state index in [9.17, 15) is 4.79 Å². The summed E-state index contributed by atoms with van der Waals surface area (Å²) in [5, 5.41) is 16.5. The van der Waals surface area contributed by atoms with Crippen LogP contribution in [-0.4, -0.2) is 74.1 Å². The largest absolute Gasteiger partial charge is 0.383 e. The number of amides is 2. The average Bonchev–Trinajstić information content (AvgIpc) is 2.79. The predicted molar refractivity (Wildman–Crippen MR) is 123 cm³/mol. The van der Waals surface area contributed by atoms with Gasteiger partial charge < -0.3 is 31.0 Å². The van der Waals surface area contributed by atoms with Crippen LogP contribution < -0.4 is 20.9 Å². The highest BCUT2D eigenvalue weighted by Gasteiger charge is 2.20. The van der Waals surface area contributed by atoms with Gasteiger partial charge in [-0.1, -0.05) is 0 Å². The second kappa shape index (κ2) is 10.8. The highest BCUT2D eigenvalue weighted by molar-refractivity contribution is 7.98. The SMILES string of the molecule is CNc1c(C=N)nc(-c2ccc(NC(=O)NCCSC)cc2)nc1N1CCOCC1. The Morgan fingerprint density at radius 2 is 2.00 bits per heavy atom. The summed E-state index contributed by atoms with van der Waals surface area (Å²) >= 11 is 1.68. The van der Waals surface area contributed by atoms with Crippen molar-refractivity contribution in [3.8, 4) is 11.4 Å². The summed E-state index contributed by atoms with van der Waals surface area (Å²) in [6.45, 7) is 3.37. The van der Waals surface area contributed by atoms with Crippen LogP contribution in [0.3, 0.4) is 0 Å². The van der Waals surface area contributed by atoms with Gasteiger partial charge in [0, 0.05) is 49.9 Å². The number of benzene rings is 1. The van der Waals surface area contributed by atoms with Crippen LogP contribution in [0.15, 0.2) is 24.3 Å². The molecule has 1 saturated heterocycles. The fourth-order valence-corrected chi connectivity index (χ4v) is 3.39. The fraction of sp³-hybridized carbons (Fsp3) is 0.400. The summed E-state index contributed by atoms with van der Waals surface area (Å²) in [5.41, 5.74) is 2.76. The van der Waals surface area contributed by atoms with Gasteiger partial charge in [-0.25, -0.2) is 14.8 Å². The first kappa shape index (κ1) is 21.8. The maximum absolute atomic E-state index is 11.9. The summed E-state index contributed by atoms with van der Waals surface area (Å²) in [7, 11) is 1.81. The second-order valence-corrected chi connectivity index (χ2v) is 7.56. The molecular weight excluding hydrogens is 402 g/mol. The first-order valence-electron chi connectivity index (χ1n) is 9.73. The molecule has 9 nitrogen and oxygen atoms in total. The van der Waals surface area contributed by atoms with E-state index in [0.29, 0.717) is 37.0 Å². The number of morpholine rings is 1. The van der Waals surface area contributed by atoms with E-state index >= 15 is 0 Å². The van der Waals surface area contributed by atoms with E-state index < -0.39 is 0 Å². The number of hydrogen-bond donors (Lipinski definition) is 4. The normalized spacial score (nSPS) is 13.6. The summed E-state index contributed by atoms with van der Waals surface area (Å²) in [6.07, 6.45) is 3.23. The molecule has 4 N–H and O–H groups in total. The number of aromatic nitrogens is 2. The molecule has 2 amide bonds. The van der Waals surface area contributed by atoms with Crippen molar-refractivity contribution in [1.82, 2.24) is 15.3 Å². The third-order valence-electron chi connectivity index (χ3n) is 4.61. The highest BCUT2D eigenvalue weighted by atomic mass is 32.2. The maximum atomic E-state index is 11.9. The number of carbonyl (C=O) groups is 1. The van der Waals surface area contributed by atoms with E-state index in [0.717, 1.165) is 35.9 Å². The number of nitrogens with one attached hydrogen (secondary N) is 4. The molecule has 0 saturated carbocycles. The Kier molecular flexibility index (Phi) is 7.86. The van der Waals surface area contributed by atoms with Gasteiger partial charge in [0.05, 0.1) is 13.2 Å². The van der Waals surface area contributed by atoms with E-state index in [2.05, 4.69) is 25.8 Å². The summed E-state index contributed by atoms with van der Waals surface area (Å²) < 4.78 is 5.45. The Balaban J connectivity index is 1.82. The second-order valence-electron chi connectivity index (χ2n) is 6.58. The van der Waals surface area contributed by atoms with Crippen LogP contribution >= 0.6 is 11.8 Å². The van der Waals surface area contributed by atoms with Crippen molar-refractivity contribution in [2.24, 2.45) is 0 Å². The van der Waals surface area contributed by atoms with Crippen molar-refractivity contribution >= 4 is 41.2 Å². The lowest BCUT2D eigenvalue weighted by atomic mass is 10.1. The smallest absolute Gasteiger partial charge is 0.319 e. The molecule has 0 atom stereocenters. The van der Waals surface area contributed by atoms with Gasteiger partial charge in [0.25, 0.3) is 0 Å². The first-order valence-corrected chi connectivity index (χ1v) is 11.1. The van der Waals surface area contributed by atoms with E-state index in [-0.39, 0.29) is 6.03 Å². The van der Waals surface area contributed by atoms with Crippen LogP contribution in [0.2, 0.25) is 0 Å². The molecule has 1 aliphatic rings. The molecule has 0 aliphatic carbocycles. The van der Waals surface area contributed by atoms with Gasteiger partial charge in [-0.3, -0.25) is 0 Å². The molecule has 1 aromatic carbocycles. The first-order chi connectivity index (χ1) is 14.7. The molecule has 1 aliphatic heterocycles. The Labute approximate surface area is 180 Å². The lowest BCUT2D eigenvalue weighted by molar-refractivity contribution is 0.122. The molecule has 0 bridgehead atoms. The lowest BCUT2D eigenvalue weighted by Gasteiger charge is -2.30. The van der Waals surface area contributed by atoms with E-state index in [4.69, 9.17) is 15.1 Å². The van der Waals surface area contributed by atoms with Gasteiger partial charge in [-0.15, -0.1) is 0 Å².